The number of amides is 2. The summed E-state index contributed by atoms with van der Waals surface area (Å²) in [5.74, 6) is -1.06. The number of carbonyl (C=O) groups excluding carboxylic acids is 2. The number of fused-ring (bicyclic) bond motifs is 5. The SMILES string of the molecule is C[C@@H]1CNc2c(sc3ccc4nc(Oc5nc(Cl)ncc5CN5CCS(=O)(=O)CC5=O)cnc4c23)C(=O)N1. The number of nitrogens with zero attached hydrogens (tertiary/aromatic N) is 5. The van der Waals surface area contributed by atoms with Gasteiger partial charge in [-0.3, -0.25) is 9.59 Å². The molecule has 0 aliphatic carbocycles. The summed E-state index contributed by atoms with van der Waals surface area (Å²) in [5.41, 5.74) is 2.34. The van der Waals surface area contributed by atoms with Crippen molar-refractivity contribution in [1.82, 2.24) is 30.2 Å². The minimum Gasteiger partial charge on any atom is -0.418 e. The summed E-state index contributed by atoms with van der Waals surface area (Å²) in [6.45, 7) is 2.63. The molecule has 2 N–H and O–H groups in total. The Morgan fingerprint density at radius 3 is 2.87 bits per heavy atom. The second-order valence-corrected chi connectivity index (χ2v) is 12.6. The van der Waals surface area contributed by atoms with Crippen LogP contribution >= 0.6 is 22.9 Å². The summed E-state index contributed by atoms with van der Waals surface area (Å²) in [4.78, 5) is 44.3. The third-order valence-corrected chi connectivity index (χ3v) is 9.06. The Kier molecular flexibility index (Phi) is 6.04. The topological polar surface area (TPSA) is 156 Å². The van der Waals surface area contributed by atoms with Crippen molar-refractivity contribution < 1.29 is 22.7 Å². The van der Waals surface area contributed by atoms with E-state index in [0.717, 1.165) is 15.8 Å². The number of ether oxygens (including phenoxy) is 1. The molecule has 0 unspecified atom stereocenters. The van der Waals surface area contributed by atoms with Gasteiger partial charge in [0.15, 0.2) is 9.84 Å². The first-order valence-corrected chi connectivity index (χ1v) is 14.6. The molecule has 6 rings (SSSR count). The zero-order valence-corrected chi connectivity index (χ0v) is 22.3. The molecule has 0 saturated carbocycles. The molecule has 0 radical (unpaired) electrons. The first-order valence-electron chi connectivity index (χ1n) is 11.6. The largest absolute Gasteiger partial charge is 0.418 e. The molecule has 196 valence electrons. The maximum Gasteiger partial charge on any atom is 0.263 e. The van der Waals surface area contributed by atoms with Crippen LogP contribution in [-0.4, -0.2) is 75.7 Å². The number of halogens is 1. The molecule has 1 saturated heterocycles. The number of anilines is 1. The first-order chi connectivity index (χ1) is 18.2. The maximum absolute atomic E-state index is 12.7. The predicted molar refractivity (Wildman–Crippen MR) is 142 cm³/mol. The molecule has 15 heteroatoms. The number of benzene rings is 1. The zero-order chi connectivity index (χ0) is 26.6. The molecule has 4 aromatic rings. The standard InChI is InChI=1S/C23H20ClN7O5S2/c1-11-6-25-19-17-14(37-20(19)21(33)28-11)3-2-13-18(17)26-8-15(29-13)36-22-12(7-27-23(24)30-22)9-31-4-5-38(34,35)10-16(31)32/h2-3,7-8,11,25H,4-6,9-10H2,1H3,(H,28,33)/t11-/m1/s1. The van der Waals surface area contributed by atoms with Crippen LogP contribution in [0.25, 0.3) is 21.1 Å². The van der Waals surface area contributed by atoms with Gasteiger partial charge in [-0.15, -0.1) is 11.3 Å². The van der Waals surface area contributed by atoms with Crippen molar-refractivity contribution in [1.29, 1.82) is 0 Å². The minimum absolute atomic E-state index is 0.0169. The van der Waals surface area contributed by atoms with E-state index in [-0.39, 0.29) is 47.8 Å². The fourth-order valence-electron chi connectivity index (χ4n) is 4.39. The lowest BCUT2D eigenvalue weighted by Crippen LogP contribution is -2.44. The third-order valence-electron chi connectivity index (χ3n) is 6.24. The fraction of sp³-hybridized carbons (Fsp3) is 0.304. The van der Waals surface area contributed by atoms with Crippen molar-refractivity contribution in [3.8, 4) is 11.8 Å². The fourth-order valence-corrected chi connectivity index (χ4v) is 6.80. The summed E-state index contributed by atoms with van der Waals surface area (Å²) in [6, 6.07) is 3.67. The van der Waals surface area contributed by atoms with Crippen molar-refractivity contribution in [3.05, 3.63) is 40.3 Å². The average molecular weight is 574 g/mol. The second-order valence-electron chi connectivity index (χ2n) is 9.06. The second kappa shape index (κ2) is 9.29. The number of rotatable bonds is 4. The van der Waals surface area contributed by atoms with E-state index in [9.17, 15) is 18.0 Å². The molecule has 0 spiro atoms. The highest BCUT2D eigenvalue weighted by Gasteiger charge is 2.30. The Morgan fingerprint density at radius 1 is 1.21 bits per heavy atom. The minimum atomic E-state index is -3.39. The zero-order valence-electron chi connectivity index (χ0n) is 19.9. The van der Waals surface area contributed by atoms with Gasteiger partial charge in [-0.2, -0.15) is 4.98 Å². The van der Waals surface area contributed by atoms with E-state index in [0.29, 0.717) is 28.0 Å². The van der Waals surface area contributed by atoms with E-state index in [1.165, 1.54) is 28.6 Å². The van der Waals surface area contributed by atoms with Crippen LogP contribution in [0, 0.1) is 0 Å². The van der Waals surface area contributed by atoms with E-state index >= 15 is 0 Å². The van der Waals surface area contributed by atoms with Crippen LogP contribution in [0.2, 0.25) is 5.28 Å². The highest BCUT2D eigenvalue weighted by atomic mass is 35.5. The van der Waals surface area contributed by atoms with E-state index in [2.05, 4.69) is 30.6 Å². The van der Waals surface area contributed by atoms with E-state index < -0.39 is 21.5 Å². The van der Waals surface area contributed by atoms with Crippen molar-refractivity contribution in [2.45, 2.75) is 19.5 Å². The summed E-state index contributed by atoms with van der Waals surface area (Å²) in [6.07, 6.45) is 2.88. The van der Waals surface area contributed by atoms with Crippen LogP contribution in [-0.2, 0) is 21.2 Å². The summed E-state index contributed by atoms with van der Waals surface area (Å²) in [7, 11) is -3.39. The Labute approximate surface area is 225 Å². The van der Waals surface area contributed by atoms with E-state index in [1.54, 1.807) is 6.07 Å². The first kappa shape index (κ1) is 24.7. The van der Waals surface area contributed by atoms with Crippen LogP contribution in [0.15, 0.2) is 24.5 Å². The van der Waals surface area contributed by atoms with E-state index in [4.69, 9.17) is 16.3 Å². The maximum atomic E-state index is 12.7. The quantitative estimate of drug-likeness (QED) is 0.347. The Balaban J connectivity index is 1.33. The van der Waals surface area contributed by atoms with Crippen LogP contribution < -0.4 is 15.4 Å². The lowest BCUT2D eigenvalue weighted by Gasteiger charge is -2.26. The van der Waals surface area contributed by atoms with Gasteiger partial charge in [0, 0.05) is 35.4 Å². The molecule has 3 aromatic heterocycles. The predicted octanol–water partition coefficient (Wildman–Crippen LogP) is 2.38. The third kappa shape index (κ3) is 4.59. The van der Waals surface area contributed by atoms with Crippen LogP contribution in [0.1, 0.15) is 22.2 Å². The normalized spacial score (nSPS) is 19.1. The molecule has 5 heterocycles. The van der Waals surface area contributed by atoms with Crippen molar-refractivity contribution in [2.75, 3.05) is 29.9 Å². The number of aromatic nitrogens is 4. The van der Waals surface area contributed by atoms with Crippen LogP contribution in [0.5, 0.6) is 11.8 Å². The highest BCUT2D eigenvalue weighted by molar-refractivity contribution is 7.92. The monoisotopic (exact) mass is 573 g/mol. The molecule has 2 aliphatic heterocycles. The van der Waals surface area contributed by atoms with Gasteiger partial charge < -0.3 is 20.3 Å². The average Bonchev–Trinajstić information content (AvgIpc) is 3.18. The molecule has 2 aliphatic rings. The summed E-state index contributed by atoms with van der Waals surface area (Å²) in [5, 5.41) is 7.08. The number of hydrogen-bond donors (Lipinski definition) is 2. The summed E-state index contributed by atoms with van der Waals surface area (Å²) >= 11 is 7.40. The Morgan fingerprint density at radius 2 is 2.05 bits per heavy atom. The summed E-state index contributed by atoms with van der Waals surface area (Å²) < 4.78 is 30.3. The number of hydrogen-bond acceptors (Lipinski definition) is 11. The van der Waals surface area contributed by atoms with Gasteiger partial charge in [-0.25, -0.2) is 23.4 Å². The number of sulfone groups is 1. The molecule has 1 fully saturated rings. The molecule has 0 bridgehead atoms. The van der Waals surface area contributed by atoms with Gasteiger partial charge in [0.1, 0.15) is 10.6 Å². The number of thiophene rings is 1. The van der Waals surface area contributed by atoms with Crippen molar-refractivity contribution in [2.24, 2.45) is 0 Å². The molecule has 12 nitrogen and oxygen atoms in total. The molecule has 1 aromatic carbocycles. The van der Waals surface area contributed by atoms with Crippen LogP contribution in [0.3, 0.4) is 0 Å². The van der Waals surface area contributed by atoms with Crippen molar-refractivity contribution >= 4 is 71.4 Å². The van der Waals surface area contributed by atoms with Gasteiger partial charge in [-0.1, -0.05) is 0 Å². The molecule has 2 amide bonds. The Hall–Kier alpha value is -3.62. The van der Waals surface area contributed by atoms with Gasteiger partial charge in [0.2, 0.25) is 23.0 Å². The number of nitrogens with one attached hydrogen (secondary N) is 2. The lowest BCUT2D eigenvalue weighted by atomic mass is 10.1. The number of carbonyl (C=O) groups is 2. The van der Waals surface area contributed by atoms with E-state index in [1.807, 2.05) is 13.0 Å². The van der Waals surface area contributed by atoms with Gasteiger partial charge in [0.25, 0.3) is 5.91 Å². The molecular formula is C23H20ClN7O5S2. The van der Waals surface area contributed by atoms with Crippen molar-refractivity contribution in [3.63, 3.8) is 0 Å². The smallest absolute Gasteiger partial charge is 0.263 e. The molecule has 38 heavy (non-hydrogen) atoms. The van der Waals surface area contributed by atoms with Gasteiger partial charge >= 0.3 is 0 Å². The Bertz CT molecular complexity index is 1740. The van der Waals surface area contributed by atoms with Gasteiger partial charge in [-0.05, 0) is 30.7 Å². The highest BCUT2D eigenvalue weighted by Crippen LogP contribution is 2.40. The van der Waals surface area contributed by atoms with Gasteiger partial charge in [0.05, 0.1) is 40.8 Å². The molecule has 1 atom stereocenters. The molecular weight excluding hydrogens is 554 g/mol. The van der Waals surface area contributed by atoms with Crippen LogP contribution in [0.4, 0.5) is 5.69 Å². The lowest BCUT2D eigenvalue weighted by molar-refractivity contribution is -0.129.